The van der Waals surface area contributed by atoms with Crippen LogP contribution in [0.5, 0.6) is 11.5 Å². The number of phenolic OH excluding ortho intramolecular Hbond substituents is 1. The van der Waals surface area contributed by atoms with Crippen LogP contribution in [0.1, 0.15) is 18.4 Å². The van der Waals surface area contributed by atoms with Crippen LogP contribution in [-0.4, -0.2) is 36.2 Å². The Balaban J connectivity index is 0.00000225. The first kappa shape index (κ1) is 19.5. The molecule has 3 rings (SSSR count). The zero-order chi connectivity index (χ0) is 16.8. The summed E-state index contributed by atoms with van der Waals surface area (Å²) in [7, 11) is 0. The van der Waals surface area contributed by atoms with E-state index < -0.39 is 0 Å². The van der Waals surface area contributed by atoms with E-state index in [1.165, 1.54) is 0 Å². The van der Waals surface area contributed by atoms with Crippen LogP contribution in [0.25, 0.3) is 0 Å². The first-order valence-electron chi connectivity index (χ1n) is 8.58. The molecular formula is C20H25ClFNO2. The van der Waals surface area contributed by atoms with Crippen molar-refractivity contribution in [2.75, 3.05) is 26.2 Å². The lowest BCUT2D eigenvalue weighted by molar-refractivity contribution is 0.154. The van der Waals surface area contributed by atoms with Gasteiger partial charge < -0.3 is 9.84 Å². The topological polar surface area (TPSA) is 32.7 Å². The van der Waals surface area contributed by atoms with Gasteiger partial charge in [0.25, 0.3) is 0 Å². The highest BCUT2D eigenvalue weighted by molar-refractivity contribution is 5.85. The SMILES string of the molecule is Cl.Oc1ccc(OCCN2CCC(Cc3ccccc3F)CC2)cc1. The molecule has 1 aliphatic rings. The zero-order valence-electron chi connectivity index (χ0n) is 14.2. The lowest BCUT2D eigenvalue weighted by Gasteiger charge is -2.32. The molecule has 1 saturated heterocycles. The fourth-order valence-electron chi connectivity index (χ4n) is 3.22. The molecule has 1 fully saturated rings. The molecule has 0 atom stereocenters. The van der Waals surface area contributed by atoms with Gasteiger partial charge in [-0.05, 0) is 74.2 Å². The molecule has 2 aromatic rings. The predicted octanol–water partition coefficient (Wildman–Crippen LogP) is 4.29. The molecule has 0 aromatic heterocycles. The van der Waals surface area contributed by atoms with Crippen molar-refractivity contribution in [1.82, 2.24) is 4.90 Å². The molecule has 25 heavy (non-hydrogen) atoms. The normalized spacial score (nSPS) is 15.6. The summed E-state index contributed by atoms with van der Waals surface area (Å²) in [5.41, 5.74) is 0.839. The Bertz CT molecular complexity index is 642. The van der Waals surface area contributed by atoms with E-state index in [4.69, 9.17) is 4.74 Å². The molecule has 136 valence electrons. The van der Waals surface area contributed by atoms with Crippen LogP contribution in [-0.2, 0) is 6.42 Å². The summed E-state index contributed by atoms with van der Waals surface area (Å²) >= 11 is 0. The number of phenols is 1. The van der Waals surface area contributed by atoms with Crippen molar-refractivity contribution in [3.8, 4) is 11.5 Å². The first-order valence-corrected chi connectivity index (χ1v) is 8.58. The molecule has 3 nitrogen and oxygen atoms in total. The summed E-state index contributed by atoms with van der Waals surface area (Å²) in [6.45, 7) is 3.62. The maximum atomic E-state index is 13.7. The van der Waals surface area contributed by atoms with Gasteiger partial charge in [0.1, 0.15) is 23.9 Å². The molecule has 0 saturated carbocycles. The second kappa shape index (κ2) is 9.64. The van der Waals surface area contributed by atoms with Crippen molar-refractivity contribution in [3.63, 3.8) is 0 Å². The number of benzene rings is 2. The highest BCUT2D eigenvalue weighted by Crippen LogP contribution is 2.23. The number of halogens is 2. The molecule has 2 aromatic carbocycles. The van der Waals surface area contributed by atoms with E-state index in [1.54, 1.807) is 36.4 Å². The molecule has 0 amide bonds. The molecule has 1 N–H and O–H groups in total. The number of ether oxygens (including phenoxy) is 1. The quantitative estimate of drug-likeness (QED) is 0.829. The summed E-state index contributed by atoms with van der Waals surface area (Å²) in [4.78, 5) is 2.40. The van der Waals surface area contributed by atoms with Crippen molar-refractivity contribution in [3.05, 3.63) is 59.9 Å². The minimum Gasteiger partial charge on any atom is -0.508 e. The van der Waals surface area contributed by atoms with Crippen molar-refractivity contribution in [2.24, 2.45) is 5.92 Å². The van der Waals surface area contributed by atoms with E-state index >= 15 is 0 Å². The van der Waals surface area contributed by atoms with E-state index in [9.17, 15) is 9.50 Å². The molecule has 1 aliphatic heterocycles. The average molecular weight is 366 g/mol. The third-order valence-electron chi connectivity index (χ3n) is 4.69. The van der Waals surface area contributed by atoms with Crippen LogP contribution >= 0.6 is 12.4 Å². The van der Waals surface area contributed by atoms with Gasteiger partial charge in [-0.2, -0.15) is 0 Å². The van der Waals surface area contributed by atoms with E-state index in [0.29, 0.717) is 12.5 Å². The van der Waals surface area contributed by atoms with Crippen LogP contribution in [0.2, 0.25) is 0 Å². The molecule has 5 heteroatoms. The Hall–Kier alpha value is -1.78. The van der Waals surface area contributed by atoms with Crippen LogP contribution in [0.3, 0.4) is 0 Å². The second-order valence-electron chi connectivity index (χ2n) is 6.42. The monoisotopic (exact) mass is 365 g/mol. The summed E-state index contributed by atoms with van der Waals surface area (Å²) in [6.07, 6.45) is 3.05. The lowest BCUT2D eigenvalue weighted by Crippen LogP contribution is -2.37. The van der Waals surface area contributed by atoms with Crippen LogP contribution < -0.4 is 4.74 Å². The van der Waals surface area contributed by atoms with E-state index in [0.717, 1.165) is 50.2 Å². The van der Waals surface area contributed by atoms with Gasteiger partial charge in [0.15, 0.2) is 0 Å². The molecule has 0 aliphatic carbocycles. The van der Waals surface area contributed by atoms with Crippen LogP contribution in [0.4, 0.5) is 4.39 Å². The summed E-state index contributed by atoms with van der Waals surface area (Å²) in [6, 6.07) is 13.9. The number of hydrogen-bond donors (Lipinski definition) is 1. The van der Waals surface area contributed by atoms with Crippen molar-refractivity contribution in [1.29, 1.82) is 0 Å². The van der Waals surface area contributed by atoms with Gasteiger partial charge >= 0.3 is 0 Å². The number of likely N-dealkylation sites (tertiary alicyclic amines) is 1. The van der Waals surface area contributed by atoms with Gasteiger partial charge in [-0.15, -0.1) is 12.4 Å². The fraction of sp³-hybridized carbons (Fsp3) is 0.400. The average Bonchev–Trinajstić information content (AvgIpc) is 2.60. The zero-order valence-corrected chi connectivity index (χ0v) is 15.1. The minimum absolute atomic E-state index is 0. The Morgan fingerprint density at radius 2 is 1.72 bits per heavy atom. The van der Waals surface area contributed by atoms with Crippen molar-refractivity contribution in [2.45, 2.75) is 19.3 Å². The Morgan fingerprint density at radius 3 is 2.40 bits per heavy atom. The van der Waals surface area contributed by atoms with Gasteiger partial charge in [-0.25, -0.2) is 4.39 Å². The van der Waals surface area contributed by atoms with Gasteiger partial charge in [0.05, 0.1) is 0 Å². The highest BCUT2D eigenvalue weighted by Gasteiger charge is 2.20. The number of aromatic hydroxyl groups is 1. The predicted molar refractivity (Wildman–Crippen MR) is 100 cm³/mol. The van der Waals surface area contributed by atoms with Gasteiger partial charge in [-0.1, -0.05) is 18.2 Å². The Labute approximate surface area is 154 Å². The van der Waals surface area contributed by atoms with Gasteiger partial charge in [0.2, 0.25) is 0 Å². The maximum Gasteiger partial charge on any atom is 0.126 e. The molecule has 0 bridgehead atoms. The Morgan fingerprint density at radius 1 is 1.04 bits per heavy atom. The third-order valence-corrected chi connectivity index (χ3v) is 4.69. The summed E-state index contributed by atoms with van der Waals surface area (Å²) in [5.74, 6) is 1.51. The van der Waals surface area contributed by atoms with E-state index in [1.807, 2.05) is 12.1 Å². The van der Waals surface area contributed by atoms with E-state index in [2.05, 4.69) is 4.90 Å². The van der Waals surface area contributed by atoms with Crippen molar-refractivity contribution >= 4 is 12.4 Å². The van der Waals surface area contributed by atoms with E-state index in [-0.39, 0.29) is 24.0 Å². The standard InChI is InChI=1S/C20H24FNO2.ClH/c21-20-4-2-1-3-17(20)15-16-9-11-22(12-10-16)13-14-24-19-7-5-18(23)6-8-19;/h1-8,16,23H,9-15H2;1H. The molecule has 0 unspecified atom stereocenters. The summed E-state index contributed by atoms with van der Waals surface area (Å²) < 4.78 is 19.4. The van der Waals surface area contributed by atoms with Gasteiger partial charge in [0, 0.05) is 6.54 Å². The third kappa shape index (κ3) is 5.91. The molecular weight excluding hydrogens is 341 g/mol. The highest BCUT2D eigenvalue weighted by atomic mass is 35.5. The number of rotatable bonds is 6. The Kier molecular flexibility index (Phi) is 7.53. The number of nitrogens with zero attached hydrogens (tertiary/aromatic N) is 1. The lowest BCUT2D eigenvalue weighted by atomic mass is 9.90. The summed E-state index contributed by atoms with van der Waals surface area (Å²) in [5, 5.41) is 9.25. The number of piperidine rings is 1. The largest absolute Gasteiger partial charge is 0.508 e. The smallest absolute Gasteiger partial charge is 0.126 e. The molecule has 0 spiro atoms. The number of hydrogen-bond acceptors (Lipinski definition) is 3. The van der Waals surface area contributed by atoms with Gasteiger partial charge in [-0.3, -0.25) is 4.90 Å². The minimum atomic E-state index is -0.0813. The first-order chi connectivity index (χ1) is 11.7. The van der Waals surface area contributed by atoms with Crippen LogP contribution in [0.15, 0.2) is 48.5 Å². The maximum absolute atomic E-state index is 13.7. The van der Waals surface area contributed by atoms with Crippen LogP contribution in [0, 0.1) is 11.7 Å². The fourth-order valence-corrected chi connectivity index (χ4v) is 3.22. The molecule has 1 heterocycles. The van der Waals surface area contributed by atoms with Crippen molar-refractivity contribution < 1.29 is 14.2 Å². The second-order valence-corrected chi connectivity index (χ2v) is 6.42. The molecule has 0 radical (unpaired) electrons.